The Balaban J connectivity index is 1.83. The summed E-state index contributed by atoms with van der Waals surface area (Å²) in [6.45, 7) is 7.81. The highest BCUT2D eigenvalue weighted by Crippen LogP contribution is 2.31. The van der Waals surface area contributed by atoms with Crippen molar-refractivity contribution in [2.75, 3.05) is 13.1 Å². The summed E-state index contributed by atoms with van der Waals surface area (Å²) in [6.07, 6.45) is 6.53. The number of carbonyl (C=O) groups excluding carboxylic acids is 3. The number of aromatic amines is 1. The standard InChI is InChI=1S/C31H43N7O5/c1-5-20-17-38(29(41)24(36-26(39)14-18(2)3)12-8-9-13-34-31(32)33)27(19(20)4)28(40)37-25(30(42)43)15-21-16-35-23-11-7-6-10-22(21)23/h5-7,10-11,14,16,19,24-25,27,35H,8-9,12-13,15,17H2,1-4H3,(H,36,39)(H,37,40)(H,42,43)(H4,32,33,34)/b20-5-/t19-,24+,25+,27?/m1/s1. The van der Waals surface area contributed by atoms with Gasteiger partial charge >= 0.3 is 5.97 Å². The van der Waals surface area contributed by atoms with Gasteiger partial charge in [0.05, 0.1) is 0 Å². The minimum Gasteiger partial charge on any atom is -0.480 e. The van der Waals surface area contributed by atoms with Gasteiger partial charge in [-0.2, -0.15) is 0 Å². The lowest BCUT2D eigenvalue weighted by atomic mass is 9.96. The number of hydrogen-bond donors (Lipinski definition) is 6. The largest absolute Gasteiger partial charge is 0.480 e. The Hall–Kier alpha value is -4.61. The van der Waals surface area contributed by atoms with E-state index in [1.165, 1.54) is 11.0 Å². The van der Waals surface area contributed by atoms with Crippen molar-refractivity contribution in [1.82, 2.24) is 20.5 Å². The number of H-pyrrole nitrogens is 1. The summed E-state index contributed by atoms with van der Waals surface area (Å²) >= 11 is 0. The van der Waals surface area contributed by atoms with E-state index >= 15 is 0 Å². The number of nitrogens with zero attached hydrogens (tertiary/aromatic N) is 2. The molecule has 1 fully saturated rings. The number of allylic oxidation sites excluding steroid dienone is 2. The van der Waals surface area contributed by atoms with E-state index in [4.69, 9.17) is 11.5 Å². The molecule has 3 rings (SSSR count). The third-order valence-corrected chi connectivity index (χ3v) is 7.61. The minimum absolute atomic E-state index is 0.0207. The third kappa shape index (κ3) is 8.69. The quantitative estimate of drug-likeness (QED) is 0.0671. The van der Waals surface area contributed by atoms with E-state index in [9.17, 15) is 24.3 Å². The maximum Gasteiger partial charge on any atom is 0.326 e. The van der Waals surface area contributed by atoms with Crippen LogP contribution in [0.1, 0.15) is 52.5 Å². The zero-order chi connectivity index (χ0) is 31.7. The first-order chi connectivity index (χ1) is 20.4. The SMILES string of the molecule is C/C=C1/CN(C(=O)[C@H](CCCCN=C(N)N)NC(=O)C=C(C)C)C(C(=O)N[C@@H](Cc2c[nH]c3ccccc23)C(=O)O)[C@@H]1C. The van der Waals surface area contributed by atoms with Crippen molar-refractivity contribution in [3.8, 4) is 0 Å². The minimum atomic E-state index is -1.21. The Labute approximate surface area is 251 Å². The second-order valence-corrected chi connectivity index (χ2v) is 11.1. The molecule has 0 saturated carbocycles. The number of carboxylic acids is 1. The highest BCUT2D eigenvalue weighted by atomic mass is 16.4. The van der Waals surface area contributed by atoms with Gasteiger partial charge in [-0.05, 0) is 57.2 Å². The van der Waals surface area contributed by atoms with E-state index < -0.39 is 41.8 Å². The molecule has 2 aromatic rings. The molecular weight excluding hydrogens is 550 g/mol. The molecule has 1 aromatic heterocycles. The van der Waals surface area contributed by atoms with Gasteiger partial charge in [-0.3, -0.25) is 19.4 Å². The van der Waals surface area contributed by atoms with Crippen LogP contribution < -0.4 is 22.1 Å². The number of carbonyl (C=O) groups is 4. The molecule has 232 valence electrons. The molecule has 8 N–H and O–H groups in total. The molecule has 43 heavy (non-hydrogen) atoms. The zero-order valence-corrected chi connectivity index (χ0v) is 25.2. The van der Waals surface area contributed by atoms with Crippen LogP contribution >= 0.6 is 0 Å². The summed E-state index contributed by atoms with van der Waals surface area (Å²) in [7, 11) is 0. The molecule has 1 unspecified atom stereocenters. The number of aliphatic carboxylic acids is 1. The molecule has 2 heterocycles. The van der Waals surface area contributed by atoms with E-state index in [-0.39, 0.29) is 24.8 Å². The van der Waals surface area contributed by atoms with Crippen molar-refractivity contribution >= 4 is 40.6 Å². The first kappa shape index (κ1) is 32.9. The lowest BCUT2D eigenvalue weighted by Crippen LogP contribution is -2.56. The average molecular weight is 594 g/mol. The van der Waals surface area contributed by atoms with Crippen LogP contribution in [-0.4, -0.2) is 75.9 Å². The Morgan fingerprint density at radius 1 is 1.14 bits per heavy atom. The fourth-order valence-corrected chi connectivity index (χ4v) is 5.43. The average Bonchev–Trinajstić information content (AvgIpc) is 3.51. The van der Waals surface area contributed by atoms with Crippen molar-refractivity contribution in [2.24, 2.45) is 22.4 Å². The van der Waals surface area contributed by atoms with Crippen LogP contribution in [0.4, 0.5) is 0 Å². The van der Waals surface area contributed by atoms with Gasteiger partial charge in [0.2, 0.25) is 17.7 Å². The van der Waals surface area contributed by atoms with E-state index in [1.807, 2.05) is 44.2 Å². The van der Waals surface area contributed by atoms with Crippen molar-refractivity contribution in [1.29, 1.82) is 0 Å². The van der Waals surface area contributed by atoms with Crippen LogP contribution in [0.25, 0.3) is 10.9 Å². The summed E-state index contributed by atoms with van der Waals surface area (Å²) < 4.78 is 0. The van der Waals surface area contributed by atoms with Crippen molar-refractivity contribution < 1.29 is 24.3 Å². The van der Waals surface area contributed by atoms with Gasteiger partial charge in [-0.15, -0.1) is 0 Å². The van der Waals surface area contributed by atoms with Gasteiger partial charge in [-0.1, -0.05) is 36.8 Å². The molecule has 1 aliphatic heterocycles. The van der Waals surface area contributed by atoms with Crippen molar-refractivity contribution in [3.05, 3.63) is 59.3 Å². The molecule has 12 heteroatoms. The summed E-state index contributed by atoms with van der Waals surface area (Å²) in [6, 6.07) is 4.46. The second kappa shape index (κ2) is 15.0. The maximum atomic E-state index is 14.0. The first-order valence-corrected chi connectivity index (χ1v) is 14.5. The van der Waals surface area contributed by atoms with Gasteiger partial charge in [0.1, 0.15) is 18.1 Å². The lowest BCUT2D eigenvalue weighted by Gasteiger charge is -2.30. The number of para-hydroxylation sites is 1. The topological polar surface area (TPSA) is 196 Å². The Morgan fingerprint density at radius 3 is 2.51 bits per heavy atom. The molecule has 1 aliphatic rings. The number of amides is 3. The Morgan fingerprint density at radius 2 is 1.86 bits per heavy atom. The van der Waals surface area contributed by atoms with Crippen LogP contribution in [0.5, 0.6) is 0 Å². The lowest BCUT2D eigenvalue weighted by molar-refractivity contribution is -0.145. The summed E-state index contributed by atoms with van der Waals surface area (Å²) in [5.41, 5.74) is 14.1. The number of hydrogen-bond acceptors (Lipinski definition) is 5. The van der Waals surface area contributed by atoms with Crippen molar-refractivity contribution in [3.63, 3.8) is 0 Å². The molecule has 1 aromatic carbocycles. The third-order valence-electron chi connectivity index (χ3n) is 7.61. The number of fused-ring (bicyclic) bond motifs is 1. The van der Waals surface area contributed by atoms with E-state index in [1.54, 1.807) is 20.0 Å². The Bertz CT molecular complexity index is 1420. The fraction of sp³-hybridized carbons (Fsp3) is 0.452. The number of nitrogens with two attached hydrogens (primary N) is 2. The molecule has 3 amide bonds. The summed E-state index contributed by atoms with van der Waals surface area (Å²) in [5, 5.41) is 16.4. The molecule has 1 saturated heterocycles. The van der Waals surface area contributed by atoms with Gasteiger partial charge in [0.15, 0.2) is 5.96 Å². The van der Waals surface area contributed by atoms with Gasteiger partial charge in [-0.25, -0.2) is 4.79 Å². The number of nitrogens with one attached hydrogen (secondary N) is 3. The second-order valence-electron chi connectivity index (χ2n) is 11.1. The van der Waals surface area contributed by atoms with Crippen LogP contribution in [0.3, 0.4) is 0 Å². The molecule has 0 radical (unpaired) electrons. The van der Waals surface area contributed by atoms with Crippen LogP contribution in [0.15, 0.2) is 58.8 Å². The maximum absolute atomic E-state index is 14.0. The summed E-state index contributed by atoms with van der Waals surface area (Å²) in [4.78, 5) is 61.2. The van der Waals surface area contributed by atoms with E-state index in [0.29, 0.717) is 25.8 Å². The first-order valence-electron chi connectivity index (χ1n) is 14.5. The smallest absolute Gasteiger partial charge is 0.326 e. The zero-order valence-electron chi connectivity index (χ0n) is 25.2. The molecular formula is C31H43N7O5. The molecule has 4 atom stereocenters. The predicted octanol–water partition coefficient (Wildman–Crippen LogP) is 1.97. The predicted molar refractivity (Wildman–Crippen MR) is 166 cm³/mol. The number of aromatic nitrogens is 1. The molecule has 0 aliphatic carbocycles. The fourth-order valence-electron chi connectivity index (χ4n) is 5.43. The van der Waals surface area contributed by atoms with Crippen LogP contribution in [0, 0.1) is 5.92 Å². The summed E-state index contributed by atoms with van der Waals surface area (Å²) in [5.74, 6) is -2.94. The molecule has 0 spiro atoms. The molecule has 0 bridgehead atoms. The van der Waals surface area contributed by atoms with Crippen LogP contribution in [-0.2, 0) is 25.6 Å². The number of carboxylic acid groups (broad SMARTS) is 1. The normalized spacial score (nSPS) is 18.6. The van der Waals surface area contributed by atoms with Gasteiger partial charge in [0, 0.05) is 48.6 Å². The van der Waals surface area contributed by atoms with E-state index in [2.05, 4.69) is 20.6 Å². The number of benzene rings is 1. The highest BCUT2D eigenvalue weighted by Gasteiger charge is 2.44. The van der Waals surface area contributed by atoms with Crippen molar-refractivity contribution in [2.45, 2.75) is 71.5 Å². The van der Waals surface area contributed by atoms with Gasteiger partial charge < -0.3 is 37.1 Å². The van der Waals surface area contributed by atoms with Gasteiger partial charge in [0.25, 0.3) is 0 Å². The number of aliphatic imine (C=N–C) groups is 1. The number of likely N-dealkylation sites (tertiary alicyclic amines) is 1. The number of unbranched alkanes of at least 4 members (excludes halogenated alkanes) is 1. The highest BCUT2D eigenvalue weighted by molar-refractivity contribution is 5.97. The van der Waals surface area contributed by atoms with Crippen LogP contribution in [0.2, 0.25) is 0 Å². The number of guanidine groups is 1. The monoisotopic (exact) mass is 593 g/mol. The molecule has 12 nitrogen and oxygen atoms in total. The van der Waals surface area contributed by atoms with E-state index in [0.717, 1.165) is 27.6 Å². The Kier molecular flexibility index (Phi) is 11.5. The number of rotatable bonds is 13.